The lowest BCUT2D eigenvalue weighted by Crippen LogP contribution is -2.36. The van der Waals surface area contributed by atoms with Crippen LogP contribution in [-0.2, 0) is 6.42 Å². The average Bonchev–Trinajstić information content (AvgIpc) is 2.95. The van der Waals surface area contributed by atoms with Crippen LogP contribution < -0.4 is 0 Å². The number of hydrogen-bond donors (Lipinski definition) is 1. The van der Waals surface area contributed by atoms with E-state index >= 15 is 0 Å². The van der Waals surface area contributed by atoms with Crippen molar-refractivity contribution in [2.24, 2.45) is 5.41 Å². The minimum absolute atomic E-state index is 0.0470. The summed E-state index contributed by atoms with van der Waals surface area (Å²) in [5.74, 6) is 0.265. The van der Waals surface area contributed by atoms with Gasteiger partial charge >= 0.3 is 0 Å². The molecule has 1 heterocycles. The molecule has 4 heteroatoms. The summed E-state index contributed by atoms with van der Waals surface area (Å²) in [6.07, 6.45) is 2.35. The molecule has 0 atom stereocenters. The lowest BCUT2D eigenvalue weighted by atomic mass is 9.66. The number of phenolic OH excluding ortho intramolecular Hbond substituents is 1. The van der Waals surface area contributed by atoms with Crippen molar-refractivity contribution >= 4 is 10.9 Å². The predicted molar refractivity (Wildman–Crippen MR) is 114 cm³/mol. The molecule has 1 aromatic heterocycles. The van der Waals surface area contributed by atoms with E-state index in [9.17, 15) is 13.9 Å². The fourth-order valence-electron chi connectivity index (χ4n) is 4.92. The van der Waals surface area contributed by atoms with Crippen molar-refractivity contribution < 1.29 is 13.9 Å². The standard InChI is InChI=1S/C25H29F2NO/c1-15(2)24-20(9-10-25(4)13-17(26)14-25)21-12-19(29)6-8-23(21)28(24)18-5-7-22(27)16(3)11-18/h5-8,11-12,15,17,29H,9-10,13-14H2,1-4H3. The topological polar surface area (TPSA) is 25.2 Å². The Labute approximate surface area is 171 Å². The summed E-state index contributed by atoms with van der Waals surface area (Å²) < 4.78 is 29.6. The molecule has 1 aliphatic carbocycles. The second-order valence-corrected chi connectivity index (χ2v) is 9.31. The van der Waals surface area contributed by atoms with Gasteiger partial charge in [0.05, 0.1) is 5.52 Å². The van der Waals surface area contributed by atoms with Crippen molar-refractivity contribution in [3.63, 3.8) is 0 Å². The number of rotatable bonds is 5. The van der Waals surface area contributed by atoms with E-state index in [0.29, 0.717) is 18.4 Å². The highest BCUT2D eigenvalue weighted by molar-refractivity contribution is 5.89. The van der Waals surface area contributed by atoms with Crippen LogP contribution in [0, 0.1) is 18.2 Å². The summed E-state index contributed by atoms with van der Waals surface area (Å²) in [7, 11) is 0. The zero-order chi connectivity index (χ0) is 20.9. The van der Waals surface area contributed by atoms with Crippen LogP contribution >= 0.6 is 0 Å². The van der Waals surface area contributed by atoms with E-state index < -0.39 is 6.17 Å². The van der Waals surface area contributed by atoms with Crippen LogP contribution in [0.4, 0.5) is 8.78 Å². The predicted octanol–water partition coefficient (Wildman–Crippen LogP) is 6.98. The summed E-state index contributed by atoms with van der Waals surface area (Å²) in [5, 5.41) is 11.2. The van der Waals surface area contributed by atoms with E-state index in [1.165, 1.54) is 17.3 Å². The first-order valence-corrected chi connectivity index (χ1v) is 10.5. The highest BCUT2D eigenvalue weighted by Gasteiger charge is 2.40. The number of aryl methyl sites for hydroxylation is 2. The van der Waals surface area contributed by atoms with Crippen molar-refractivity contribution in [2.75, 3.05) is 0 Å². The zero-order valence-corrected chi connectivity index (χ0v) is 17.6. The number of alkyl halides is 1. The smallest absolute Gasteiger partial charge is 0.126 e. The normalized spacial score (nSPS) is 21.7. The van der Waals surface area contributed by atoms with E-state index in [2.05, 4.69) is 25.3 Å². The van der Waals surface area contributed by atoms with Gasteiger partial charge in [-0.25, -0.2) is 8.78 Å². The number of phenols is 1. The third-order valence-corrected chi connectivity index (χ3v) is 6.45. The molecular weight excluding hydrogens is 368 g/mol. The molecule has 154 valence electrons. The maximum absolute atomic E-state index is 13.9. The van der Waals surface area contributed by atoms with E-state index in [1.54, 1.807) is 13.0 Å². The SMILES string of the molecule is Cc1cc(-n2c(C(C)C)c(CCC3(C)CC(F)C3)c3cc(O)ccc32)ccc1F. The number of aromatic hydroxyl groups is 1. The van der Waals surface area contributed by atoms with Crippen LogP contribution in [-0.4, -0.2) is 15.8 Å². The molecule has 3 aromatic rings. The molecule has 2 nitrogen and oxygen atoms in total. The molecule has 0 amide bonds. The minimum Gasteiger partial charge on any atom is -0.508 e. The molecule has 1 N–H and O–H groups in total. The molecule has 1 aliphatic rings. The lowest BCUT2D eigenvalue weighted by molar-refractivity contribution is 0.0349. The van der Waals surface area contributed by atoms with E-state index in [1.807, 2.05) is 24.3 Å². The van der Waals surface area contributed by atoms with Gasteiger partial charge in [0.15, 0.2) is 0 Å². The largest absolute Gasteiger partial charge is 0.508 e. The molecule has 0 saturated heterocycles. The molecule has 1 saturated carbocycles. The molecule has 1 fully saturated rings. The highest BCUT2D eigenvalue weighted by Crippen LogP contribution is 2.47. The van der Waals surface area contributed by atoms with E-state index in [4.69, 9.17) is 0 Å². The van der Waals surface area contributed by atoms with Gasteiger partial charge in [-0.15, -0.1) is 0 Å². The summed E-state index contributed by atoms with van der Waals surface area (Å²) in [6, 6.07) is 10.6. The van der Waals surface area contributed by atoms with E-state index in [0.717, 1.165) is 29.4 Å². The Morgan fingerprint density at radius 2 is 1.90 bits per heavy atom. The maximum atomic E-state index is 13.9. The summed E-state index contributed by atoms with van der Waals surface area (Å²) in [4.78, 5) is 0. The second-order valence-electron chi connectivity index (χ2n) is 9.31. The lowest BCUT2D eigenvalue weighted by Gasteiger charge is -2.41. The molecular formula is C25H29F2NO. The second kappa shape index (κ2) is 7.16. The molecule has 0 unspecified atom stereocenters. The average molecular weight is 398 g/mol. The Bertz CT molecular complexity index is 1060. The monoisotopic (exact) mass is 397 g/mol. The van der Waals surface area contributed by atoms with Gasteiger partial charge in [-0.1, -0.05) is 20.8 Å². The summed E-state index contributed by atoms with van der Waals surface area (Å²) >= 11 is 0. The van der Waals surface area contributed by atoms with Crippen LogP contribution in [0.1, 0.15) is 62.8 Å². The van der Waals surface area contributed by atoms with E-state index in [-0.39, 0.29) is 22.9 Å². The van der Waals surface area contributed by atoms with Crippen LogP contribution in [0.15, 0.2) is 36.4 Å². The Morgan fingerprint density at radius 3 is 2.52 bits per heavy atom. The molecule has 29 heavy (non-hydrogen) atoms. The number of hydrogen-bond acceptors (Lipinski definition) is 1. The number of halogens is 2. The summed E-state index contributed by atoms with van der Waals surface area (Å²) in [6.45, 7) is 8.26. The van der Waals surface area contributed by atoms with Crippen molar-refractivity contribution in [1.82, 2.24) is 4.57 Å². The van der Waals surface area contributed by atoms with Crippen molar-refractivity contribution in [1.29, 1.82) is 0 Å². The van der Waals surface area contributed by atoms with Gasteiger partial charge in [-0.3, -0.25) is 0 Å². The van der Waals surface area contributed by atoms with Gasteiger partial charge in [-0.05, 0) is 91.5 Å². The number of benzene rings is 2. The minimum atomic E-state index is -0.669. The van der Waals surface area contributed by atoms with Crippen LogP contribution in [0.3, 0.4) is 0 Å². The fourth-order valence-corrected chi connectivity index (χ4v) is 4.92. The number of fused-ring (bicyclic) bond motifs is 1. The van der Waals surface area contributed by atoms with Gasteiger partial charge in [-0.2, -0.15) is 0 Å². The van der Waals surface area contributed by atoms with Crippen molar-refractivity contribution in [3.8, 4) is 11.4 Å². The third-order valence-electron chi connectivity index (χ3n) is 6.45. The van der Waals surface area contributed by atoms with Crippen LogP contribution in [0.5, 0.6) is 5.75 Å². The Morgan fingerprint density at radius 1 is 1.17 bits per heavy atom. The third kappa shape index (κ3) is 3.54. The Hall–Kier alpha value is -2.36. The first-order chi connectivity index (χ1) is 13.7. The van der Waals surface area contributed by atoms with Gasteiger partial charge in [0, 0.05) is 16.8 Å². The van der Waals surface area contributed by atoms with Crippen LogP contribution in [0.2, 0.25) is 0 Å². The number of nitrogens with zero attached hydrogens (tertiary/aromatic N) is 1. The first-order valence-electron chi connectivity index (χ1n) is 10.5. The van der Waals surface area contributed by atoms with Gasteiger partial charge in [0.1, 0.15) is 17.7 Å². The number of aromatic nitrogens is 1. The first kappa shape index (κ1) is 19.9. The van der Waals surface area contributed by atoms with Crippen LogP contribution in [0.25, 0.3) is 16.6 Å². The molecule has 0 bridgehead atoms. The highest BCUT2D eigenvalue weighted by atomic mass is 19.1. The Kier molecular flexibility index (Phi) is 4.92. The molecule has 0 aliphatic heterocycles. The molecule has 0 spiro atoms. The molecule has 2 aromatic carbocycles. The molecule has 4 rings (SSSR count). The quantitative estimate of drug-likeness (QED) is 0.494. The van der Waals surface area contributed by atoms with Crippen molar-refractivity contribution in [3.05, 3.63) is 59.0 Å². The van der Waals surface area contributed by atoms with Gasteiger partial charge in [0.25, 0.3) is 0 Å². The van der Waals surface area contributed by atoms with Crippen molar-refractivity contribution in [2.45, 2.75) is 65.5 Å². The fraction of sp³-hybridized carbons (Fsp3) is 0.440. The Balaban J connectivity index is 1.88. The van der Waals surface area contributed by atoms with Gasteiger partial charge < -0.3 is 9.67 Å². The maximum Gasteiger partial charge on any atom is 0.126 e. The zero-order valence-electron chi connectivity index (χ0n) is 17.6. The summed E-state index contributed by atoms with van der Waals surface area (Å²) in [5.41, 5.74) is 4.97. The molecule has 0 radical (unpaired) electrons. The van der Waals surface area contributed by atoms with Gasteiger partial charge in [0.2, 0.25) is 0 Å².